The largest absolute Gasteiger partial charge is 0.490 e. The topological polar surface area (TPSA) is 120 Å². The monoisotopic (exact) mass is 653 g/mol. The number of ether oxygens (including phenoxy) is 2. The molecular weight excluding hydrogens is 613 g/mol. The molecule has 7 rings (SSSR count). The van der Waals surface area contributed by atoms with Crippen LogP contribution >= 0.6 is 0 Å². The average molecular weight is 654 g/mol. The first-order valence-corrected chi connectivity index (χ1v) is 16.3. The van der Waals surface area contributed by atoms with Crippen LogP contribution < -0.4 is 9.64 Å². The van der Waals surface area contributed by atoms with Crippen LogP contribution in [0.4, 0.5) is 10.2 Å². The first-order chi connectivity index (χ1) is 22.8. The highest BCUT2D eigenvalue weighted by Gasteiger charge is 2.34. The van der Waals surface area contributed by atoms with Crippen molar-refractivity contribution in [3.63, 3.8) is 0 Å². The van der Waals surface area contributed by atoms with Gasteiger partial charge in [0.25, 0.3) is 0 Å². The molecule has 1 atom stereocenters. The molecule has 0 saturated heterocycles. The van der Waals surface area contributed by atoms with Gasteiger partial charge in [0.15, 0.2) is 23.5 Å². The Balaban J connectivity index is 1.44. The number of aromatic nitrogens is 6. The third kappa shape index (κ3) is 5.37. The number of carboxylic acid groups (broad SMARTS) is 1. The van der Waals surface area contributed by atoms with Crippen molar-refractivity contribution in [3.05, 3.63) is 70.3 Å². The van der Waals surface area contributed by atoms with Crippen LogP contribution in [0.2, 0.25) is 0 Å². The normalized spacial score (nSPS) is 15.3. The predicted octanol–water partition coefficient (Wildman–Crippen LogP) is 6.24. The Morgan fingerprint density at radius 2 is 1.92 bits per heavy atom. The number of carbonyl (C=O) groups is 1. The number of nitrogens with zero attached hydrogens (tertiary/aromatic N) is 7. The summed E-state index contributed by atoms with van der Waals surface area (Å²) in [7, 11) is 1.94. The van der Waals surface area contributed by atoms with Gasteiger partial charge in [-0.05, 0) is 89.8 Å². The maximum atomic E-state index is 15.8. The van der Waals surface area contributed by atoms with E-state index in [-0.39, 0.29) is 5.75 Å². The van der Waals surface area contributed by atoms with Crippen molar-refractivity contribution in [2.75, 3.05) is 18.1 Å². The summed E-state index contributed by atoms with van der Waals surface area (Å²) in [4.78, 5) is 24.8. The summed E-state index contributed by atoms with van der Waals surface area (Å²) in [6.07, 6.45) is 1.89. The van der Waals surface area contributed by atoms with Crippen LogP contribution in [0.25, 0.3) is 33.4 Å². The number of benzene rings is 1. The number of anilines is 1. The summed E-state index contributed by atoms with van der Waals surface area (Å²) in [5.41, 5.74) is 5.40. The van der Waals surface area contributed by atoms with Gasteiger partial charge in [-0.1, -0.05) is 0 Å². The first kappa shape index (κ1) is 31.7. The molecule has 12 heteroatoms. The average Bonchev–Trinajstić information content (AvgIpc) is 3.59. The quantitative estimate of drug-likeness (QED) is 0.227. The molecule has 0 amide bonds. The van der Waals surface area contributed by atoms with Crippen molar-refractivity contribution in [2.45, 2.75) is 79.2 Å². The minimum atomic E-state index is -1.34. The Hall–Kier alpha value is -4.84. The van der Waals surface area contributed by atoms with E-state index in [1.54, 1.807) is 13.1 Å². The fourth-order valence-electron chi connectivity index (χ4n) is 7.10. The van der Waals surface area contributed by atoms with Crippen molar-refractivity contribution in [1.82, 2.24) is 29.3 Å². The number of carboxylic acids is 1. The SMILES string of the molecule is Cc1nc2c(cc(-c3ccnc(N4CCn5c(C)nnc5C4)c3)n2C)c(-c2cc(F)c3c(c2C)CCCO3)c1[C@H](OC(C)(C)C)C(=O)O. The molecule has 2 aliphatic rings. The molecule has 0 aliphatic carbocycles. The molecule has 0 bridgehead atoms. The van der Waals surface area contributed by atoms with E-state index in [4.69, 9.17) is 19.4 Å². The minimum Gasteiger partial charge on any atom is -0.490 e. The zero-order valence-corrected chi connectivity index (χ0v) is 28.4. The van der Waals surface area contributed by atoms with E-state index in [1.807, 2.05) is 64.4 Å². The lowest BCUT2D eigenvalue weighted by atomic mass is 9.86. The van der Waals surface area contributed by atoms with Crippen molar-refractivity contribution < 1.29 is 23.8 Å². The third-order valence-electron chi connectivity index (χ3n) is 9.37. The Kier molecular flexibility index (Phi) is 7.73. The van der Waals surface area contributed by atoms with E-state index in [0.717, 1.165) is 59.4 Å². The maximum absolute atomic E-state index is 15.8. The second-order valence-electron chi connectivity index (χ2n) is 13.7. The van der Waals surface area contributed by atoms with Crippen molar-refractivity contribution in [3.8, 4) is 28.1 Å². The minimum absolute atomic E-state index is 0.274. The fourth-order valence-corrected chi connectivity index (χ4v) is 7.10. The van der Waals surface area contributed by atoms with Gasteiger partial charge in [0.2, 0.25) is 0 Å². The molecule has 2 aliphatic heterocycles. The second kappa shape index (κ2) is 11.7. The standard InChI is InChI=1S/C36H40FN7O4/c1-19-23-9-8-14-47-32(23)26(37)16-24(19)31-25-17-27(42(7)34(25)39-20(2)30(31)33(35(45)46)48-36(4,5)6)22-10-11-38-28(15-22)43-12-13-44-21(3)40-41-29(44)18-43/h10-11,15-17,33H,8-9,12-14,18H2,1-7H3,(H,45,46)/t33-/m0/s1. The molecule has 0 radical (unpaired) electrons. The lowest BCUT2D eigenvalue weighted by Gasteiger charge is -2.29. The highest BCUT2D eigenvalue weighted by molar-refractivity contribution is 6.01. The predicted molar refractivity (Wildman–Crippen MR) is 180 cm³/mol. The van der Waals surface area contributed by atoms with E-state index in [0.29, 0.717) is 53.0 Å². The molecule has 0 unspecified atom stereocenters. The summed E-state index contributed by atoms with van der Waals surface area (Å²) in [5, 5.41) is 19.8. The molecular formula is C36H40FN7O4. The molecule has 250 valence electrons. The van der Waals surface area contributed by atoms with Gasteiger partial charge in [-0.15, -0.1) is 10.2 Å². The van der Waals surface area contributed by atoms with Crippen molar-refractivity contribution in [2.24, 2.45) is 7.05 Å². The van der Waals surface area contributed by atoms with E-state index < -0.39 is 23.5 Å². The zero-order chi connectivity index (χ0) is 34.1. The molecule has 0 saturated carbocycles. The second-order valence-corrected chi connectivity index (χ2v) is 13.7. The number of aryl methyl sites for hydroxylation is 3. The molecule has 0 spiro atoms. The van der Waals surface area contributed by atoms with Crippen molar-refractivity contribution in [1.29, 1.82) is 0 Å². The van der Waals surface area contributed by atoms with Crippen molar-refractivity contribution >= 4 is 22.8 Å². The Bertz CT molecular complexity index is 2090. The van der Waals surface area contributed by atoms with Gasteiger partial charge in [0, 0.05) is 59.7 Å². The van der Waals surface area contributed by atoms with Gasteiger partial charge in [-0.25, -0.2) is 19.2 Å². The highest BCUT2D eigenvalue weighted by Crippen LogP contribution is 2.45. The van der Waals surface area contributed by atoms with Gasteiger partial charge in [0.1, 0.15) is 17.3 Å². The lowest BCUT2D eigenvalue weighted by Crippen LogP contribution is -2.34. The van der Waals surface area contributed by atoms with E-state index >= 15 is 4.39 Å². The number of rotatable bonds is 6. The molecule has 48 heavy (non-hydrogen) atoms. The summed E-state index contributed by atoms with van der Waals surface area (Å²) in [6.45, 7) is 13.8. The van der Waals surface area contributed by atoms with E-state index in [9.17, 15) is 9.90 Å². The van der Waals surface area contributed by atoms with Crippen LogP contribution in [0, 0.1) is 26.6 Å². The molecule has 0 fully saturated rings. The Labute approximate surface area is 278 Å². The number of hydrogen-bond acceptors (Lipinski definition) is 8. The van der Waals surface area contributed by atoms with Crippen LogP contribution in [0.1, 0.15) is 67.3 Å². The Morgan fingerprint density at radius 3 is 2.67 bits per heavy atom. The van der Waals surface area contributed by atoms with E-state index in [2.05, 4.69) is 19.7 Å². The van der Waals surface area contributed by atoms with Crippen LogP contribution in [0.3, 0.4) is 0 Å². The van der Waals surface area contributed by atoms with Crippen LogP contribution in [0.5, 0.6) is 5.75 Å². The Morgan fingerprint density at radius 1 is 1.12 bits per heavy atom. The molecule has 6 heterocycles. The van der Waals surface area contributed by atoms with Crippen LogP contribution in [-0.4, -0.2) is 59.1 Å². The molecule has 1 aromatic carbocycles. The summed E-state index contributed by atoms with van der Waals surface area (Å²) in [6, 6.07) is 7.48. The number of fused-ring (bicyclic) bond motifs is 3. The van der Waals surface area contributed by atoms with Gasteiger partial charge in [-0.2, -0.15) is 0 Å². The van der Waals surface area contributed by atoms with Gasteiger partial charge in [0.05, 0.1) is 24.4 Å². The van der Waals surface area contributed by atoms with Gasteiger partial charge in [-0.3, -0.25) is 0 Å². The summed E-state index contributed by atoms with van der Waals surface area (Å²) in [5.74, 6) is 1.28. The highest BCUT2D eigenvalue weighted by atomic mass is 19.1. The van der Waals surface area contributed by atoms with Crippen LogP contribution in [0.15, 0.2) is 30.5 Å². The first-order valence-electron chi connectivity index (χ1n) is 16.3. The lowest BCUT2D eigenvalue weighted by molar-refractivity contribution is -0.160. The smallest absolute Gasteiger partial charge is 0.337 e. The van der Waals surface area contributed by atoms with Crippen LogP contribution in [-0.2, 0) is 36.1 Å². The molecule has 5 aromatic rings. The van der Waals surface area contributed by atoms with Gasteiger partial charge < -0.3 is 28.6 Å². The van der Waals surface area contributed by atoms with E-state index in [1.165, 1.54) is 6.07 Å². The summed E-state index contributed by atoms with van der Waals surface area (Å²) >= 11 is 0. The van der Waals surface area contributed by atoms with Gasteiger partial charge >= 0.3 is 5.97 Å². The number of hydrogen-bond donors (Lipinski definition) is 1. The zero-order valence-electron chi connectivity index (χ0n) is 28.4. The molecule has 4 aromatic heterocycles. The third-order valence-corrected chi connectivity index (χ3v) is 9.37. The maximum Gasteiger partial charge on any atom is 0.337 e. The number of halogens is 1. The summed E-state index contributed by atoms with van der Waals surface area (Å²) < 4.78 is 31.9. The number of aliphatic carboxylic acids is 1. The molecule has 11 nitrogen and oxygen atoms in total. The number of pyridine rings is 2. The molecule has 1 N–H and O–H groups in total. The fraction of sp³-hybridized carbons (Fsp3) is 0.417.